The molecule has 0 saturated heterocycles. The zero-order chi connectivity index (χ0) is 30.8. The maximum Gasteiger partial charge on any atom is 0.335 e. The predicted octanol–water partition coefficient (Wildman–Crippen LogP) is 6.75. The minimum atomic E-state index is -1.03. The Morgan fingerprint density at radius 2 is 1.77 bits per heavy atom. The van der Waals surface area contributed by atoms with Crippen LogP contribution in [0.25, 0.3) is 33.5 Å². The number of carbonyl (C=O) groups is 1. The van der Waals surface area contributed by atoms with E-state index in [9.17, 15) is 14.7 Å². The molecule has 11 heteroatoms. The molecule has 0 aliphatic rings. The number of furan rings is 1. The molecule has 0 atom stereocenters. The first-order chi connectivity index (χ1) is 21.4. The molecule has 0 bridgehead atoms. The topological polar surface area (TPSA) is 125 Å². The second kappa shape index (κ2) is 12.1. The maximum absolute atomic E-state index is 13.8. The van der Waals surface area contributed by atoms with Gasteiger partial charge in [0.1, 0.15) is 17.9 Å². The molecule has 6 aromatic rings. The van der Waals surface area contributed by atoms with E-state index >= 15 is 0 Å². The quantitative estimate of drug-likeness (QED) is 0.170. The Morgan fingerprint density at radius 3 is 2.57 bits per heavy atom. The third kappa shape index (κ3) is 5.52. The number of halogens is 1. The van der Waals surface area contributed by atoms with Crippen LogP contribution in [0.4, 0.5) is 0 Å². The second-order valence-corrected chi connectivity index (χ2v) is 10.5. The van der Waals surface area contributed by atoms with E-state index in [1.807, 2.05) is 12.1 Å². The zero-order valence-corrected chi connectivity index (χ0v) is 25.1. The molecule has 0 unspecified atom stereocenters. The Hall–Kier alpha value is -5.42. The van der Waals surface area contributed by atoms with Gasteiger partial charge in [0.05, 0.1) is 42.3 Å². The van der Waals surface area contributed by atoms with Gasteiger partial charge in [-0.15, -0.1) is 0 Å². The zero-order valence-electron chi connectivity index (χ0n) is 23.5. The Morgan fingerprint density at radius 1 is 0.977 bits per heavy atom. The highest BCUT2D eigenvalue weighted by Crippen LogP contribution is 2.36. The molecule has 220 valence electrons. The fourth-order valence-corrected chi connectivity index (χ4v) is 5.23. The van der Waals surface area contributed by atoms with Crippen molar-refractivity contribution in [3.8, 4) is 28.8 Å². The summed E-state index contributed by atoms with van der Waals surface area (Å²) < 4.78 is 25.2. The van der Waals surface area contributed by atoms with Gasteiger partial charge in [-0.05, 0) is 60.2 Å². The molecule has 0 aliphatic carbocycles. The lowest BCUT2D eigenvalue weighted by molar-refractivity contribution is 0.0696. The van der Waals surface area contributed by atoms with Crippen molar-refractivity contribution in [1.29, 1.82) is 0 Å². The van der Waals surface area contributed by atoms with Crippen LogP contribution in [0.5, 0.6) is 17.2 Å². The van der Waals surface area contributed by atoms with Crippen LogP contribution >= 0.6 is 15.9 Å². The SMILES string of the molecule is COc1cc(Br)cc(C=Nn2c(-c3cc4c(OC)cccc4o3)nc3ccccc3c2=O)c1OCc1cccc(C(=O)O)c1. The Balaban J connectivity index is 1.46. The average molecular weight is 654 g/mol. The number of nitrogens with zero attached hydrogens (tertiary/aromatic N) is 3. The molecule has 0 fully saturated rings. The van der Waals surface area contributed by atoms with Crippen LogP contribution in [0.3, 0.4) is 0 Å². The van der Waals surface area contributed by atoms with Crippen molar-refractivity contribution >= 4 is 50.0 Å². The van der Waals surface area contributed by atoms with Crippen molar-refractivity contribution in [3.63, 3.8) is 0 Å². The highest BCUT2D eigenvalue weighted by molar-refractivity contribution is 9.10. The van der Waals surface area contributed by atoms with Gasteiger partial charge in [-0.1, -0.05) is 46.3 Å². The molecule has 0 amide bonds. The van der Waals surface area contributed by atoms with Crippen LogP contribution in [0.15, 0.2) is 104 Å². The summed E-state index contributed by atoms with van der Waals surface area (Å²) in [7, 11) is 3.08. The van der Waals surface area contributed by atoms with Crippen LogP contribution in [0, 0.1) is 0 Å². The summed E-state index contributed by atoms with van der Waals surface area (Å²) in [6.07, 6.45) is 1.47. The number of aromatic carboxylic acids is 1. The standard InChI is InChI=1S/C33H24BrN3O7/c1-41-26-11-6-12-27-24(26)16-29(44-27)31-36-25-10-4-3-9-23(25)32(38)37(31)35-17-21-14-22(34)15-28(42-2)30(21)43-18-19-7-5-8-20(13-19)33(39)40/h3-17H,18H2,1-2H3,(H,39,40). The average Bonchev–Trinajstić information content (AvgIpc) is 3.48. The molecule has 1 N–H and O–H groups in total. The van der Waals surface area contributed by atoms with Crippen molar-refractivity contribution in [2.75, 3.05) is 14.2 Å². The molecular formula is C33H24BrN3O7. The highest BCUT2D eigenvalue weighted by atomic mass is 79.9. The van der Waals surface area contributed by atoms with Crippen molar-refractivity contribution < 1.29 is 28.5 Å². The van der Waals surface area contributed by atoms with E-state index in [1.54, 1.807) is 67.8 Å². The van der Waals surface area contributed by atoms with Crippen molar-refractivity contribution in [2.24, 2.45) is 5.10 Å². The van der Waals surface area contributed by atoms with Gasteiger partial charge in [-0.25, -0.2) is 9.78 Å². The maximum atomic E-state index is 13.8. The Labute approximate surface area is 258 Å². The van der Waals surface area contributed by atoms with Gasteiger partial charge in [0.15, 0.2) is 17.3 Å². The lowest BCUT2D eigenvalue weighted by Gasteiger charge is -2.14. The summed E-state index contributed by atoms with van der Waals surface area (Å²) in [5, 5.41) is 15.0. The lowest BCUT2D eigenvalue weighted by atomic mass is 10.1. The number of fused-ring (bicyclic) bond motifs is 2. The van der Waals surface area contributed by atoms with Gasteiger partial charge in [0, 0.05) is 10.0 Å². The molecule has 4 aromatic carbocycles. The second-order valence-electron chi connectivity index (χ2n) is 9.62. The van der Waals surface area contributed by atoms with Crippen LogP contribution in [0.2, 0.25) is 0 Å². The van der Waals surface area contributed by atoms with Crippen LogP contribution in [0.1, 0.15) is 21.5 Å². The van der Waals surface area contributed by atoms with E-state index in [-0.39, 0.29) is 18.0 Å². The van der Waals surface area contributed by atoms with Crippen molar-refractivity contribution in [1.82, 2.24) is 9.66 Å². The first-order valence-corrected chi connectivity index (χ1v) is 14.1. The fourth-order valence-electron chi connectivity index (χ4n) is 4.77. The molecule has 0 aliphatic heterocycles. The van der Waals surface area contributed by atoms with E-state index in [1.165, 1.54) is 30.1 Å². The van der Waals surface area contributed by atoms with Gasteiger partial charge in [-0.3, -0.25) is 4.79 Å². The monoisotopic (exact) mass is 653 g/mol. The van der Waals surface area contributed by atoms with Gasteiger partial charge < -0.3 is 23.7 Å². The van der Waals surface area contributed by atoms with Gasteiger partial charge >= 0.3 is 5.97 Å². The van der Waals surface area contributed by atoms with E-state index in [0.717, 1.165) is 5.39 Å². The third-order valence-corrected chi connectivity index (χ3v) is 7.31. The smallest absolute Gasteiger partial charge is 0.335 e. The first kappa shape index (κ1) is 28.7. The number of hydrogen-bond donors (Lipinski definition) is 1. The highest BCUT2D eigenvalue weighted by Gasteiger charge is 2.19. The third-order valence-electron chi connectivity index (χ3n) is 6.85. The number of rotatable bonds is 9. The molecule has 0 radical (unpaired) electrons. The fraction of sp³-hybridized carbons (Fsp3) is 0.0909. The van der Waals surface area contributed by atoms with Crippen molar-refractivity contribution in [3.05, 3.63) is 116 Å². The largest absolute Gasteiger partial charge is 0.496 e. The van der Waals surface area contributed by atoms with Crippen LogP contribution in [-0.4, -0.2) is 41.2 Å². The Kier molecular flexibility index (Phi) is 7.86. The lowest BCUT2D eigenvalue weighted by Crippen LogP contribution is -2.20. The number of hydrogen-bond acceptors (Lipinski definition) is 8. The molecular weight excluding hydrogens is 630 g/mol. The number of ether oxygens (including phenoxy) is 3. The first-order valence-electron chi connectivity index (χ1n) is 13.3. The molecule has 2 heterocycles. The number of methoxy groups -OCH3 is 2. The number of carboxylic acid groups (broad SMARTS) is 1. The van der Waals surface area contributed by atoms with Crippen LogP contribution < -0.4 is 19.8 Å². The van der Waals surface area contributed by atoms with Crippen molar-refractivity contribution in [2.45, 2.75) is 6.61 Å². The normalized spacial score (nSPS) is 11.3. The summed E-state index contributed by atoms with van der Waals surface area (Å²) >= 11 is 3.50. The number of carboxylic acids is 1. The predicted molar refractivity (Wildman–Crippen MR) is 169 cm³/mol. The van der Waals surface area contributed by atoms with E-state index in [2.05, 4.69) is 21.0 Å². The molecule has 0 saturated carbocycles. The summed E-state index contributed by atoms with van der Waals surface area (Å²) in [5.74, 6) is 0.853. The van der Waals surface area contributed by atoms with Crippen LogP contribution in [-0.2, 0) is 6.61 Å². The van der Waals surface area contributed by atoms with E-state index in [0.29, 0.717) is 55.1 Å². The van der Waals surface area contributed by atoms with Gasteiger partial charge in [0.2, 0.25) is 5.82 Å². The summed E-state index contributed by atoms with van der Waals surface area (Å²) in [5.41, 5.74) is 1.94. The molecule has 44 heavy (non-hydrogen) atoms. The molecule has 2 aromatic heterocycles. The number of aromatic nitrogens is 2. The minimum Gasteiger partial charge on any atom is -0.496 e. The summed E-state index contributed by atoms with van der Waals surface area (Å²) in [6, 6.07) is 24.2. The van der Waals surface area contributed by atoms with Gasteiger partial charge in [0.25, 0.3) is 5.56 Å². The van der Waals surface area contributed by atoms with Gasteiger partial charge in [-0.2, -0.15) is 9.78 Å². The summed E-state index contributed by atoms with van der Waals surface area (Å²) in [6.45, 7) is 0.0590. The molecule has 0 spiro atoms. The number of benzene rings is 4. The Bertz CT molecular complexity index is 2130. The minimum absolute atomic E-state index is 0.0590. The molecule has 6 rings (SSSR count). The summed E-state index contributed by atoms with van der Waals surface area (Å²) in [4.78, 5) is 30.0. The number of para-hydroxylation sites is 1. The van der Waals surface area contributed by atoms with E-state index in [4.69, 9.17) is 23.6 Å². The molecule has 10 nitrogen and oxygen atoms in total. The van der Waals surface area contributed by atoms with E-state index < -0.39 is 11.5 Å².